The Hall–Kier alpha value is -2.75. The van der Waals surface area contributed by atoms with Crippen molar-refractivity contribution < 1.29 is 23.0 Å². The van der Waals surface area contributed by atoms with E-state index in [2.05, 4.69) is 10.3 Å². The maximum atomic E-state index is 14.8. The fourth-order valence-electron chi connectivity index (χ4n) is 4.17. The van der Waals surface area contributed by atoms with Crippen molar-refractivity contribution in [3.8, 4) is 0 Å². The van der Waals surface area contributed by atoms with Crippen LogP contribution < -0.4 is 9.80 Å². The minimum absolute atomic E-state index is 0.0170. The third kappa shape index (κ3) is 3.07. The van der Waals surface area contributed by atoms with Crippen molar-refractivity contribution >= 4 is 17.5 Å². The van der Waals surface area contributed by atoms with E-state index >= 15 is 0 Å². The van der Waals surface area contributed by atoms with Crippen LogP contribution in [0.3, 0.4) is 0 Å². The van der Waals surface area contributed by atoms with Gasteiger partial charge in [-0.15, -0.1) is 5.10 Å². The van der Waals surface area contributed by atoms with E-state index in [9.17, 15) is 13.6 Å². The number of halogens is 2. The van der Waals surface area contributed by atoms with Gasteiger partial charge >= 0.3 is 6.09 Å². The van der Waals surface area contributed by atoms with Crippen molar-refractivity contribution in [1.82, 2.24) is 15.0 Å². The first-order chi connectivity index (χ1) is 13.6. The molecule has 148 valence electrons. The average molecular weight is 391 g/mol. The molecule has 1 aromatic heterocycles. The molecule has 3 saturated heterocycles. The van der Waals surface area contributed by atoms with E-state index in [1.54, 1.807) is 15.8 Å². The van der Waals surface area contributed by atoms with E-state index in [1.165, 1.54) is 23.2 Å². The topological polar surface area (TPSA) is 72.7 Å². The monoisotopic (exact) mass is 391 g/mol. The molecule has 0 saturated carbocycles. The molecule has 0 aliphatic carbocycles. The minimum atomic E-state index is -0.691. The van der Waals surface area contributed by atoms with Gasteiger partial charge in [-0.05, 0) is 12.8 Å². The van der Waals surface area contributed by atoms with Crippen molar-refractivity contribution in [1.29, 1.82) is 0 Å². The number of hydrogen-bond acceptors (Lipinski definition) is 6. The number of cyclic esters (lactones) is 1. The van der Waals surface area contributed by atoms with Crippen molar-refractivity contribution in [2.24, 2.45) is 0 Å². The van der Waals surface area contributed by atoms with Gasteiger partial charge in [0.15, 0.2) is 11.6 Å². The third-order valence-electron chi connectivity index (χ3n) is 5.41. The molecular formula is C18H19F2N5O3. The molecule has 0 radical (unpaired) electrons. The summed E-state index contributed by atoms with van der Waals surface area (Å²) < 4.78 is 42.2. The number of fused-ring (bicyclic) bond motifs is 2. The number of carbonyl (C=O) groups excluding carboxylic acids is 1. The maximum Gasteiger partial charge on any atom is 0.414 e. The normalized spacial score (nSPS) is 26.8. The number of carbonyl (C=O) groups is 1. The molecule has 3 aliphatic heterocycles. The van der Waals surface area contributed by atoms with Crippen LogP contribution in [0.1, 0.15) is 12.8 Å². The number of morpholine rings is 1. The van der Waals surface area contributed by atoms with Gasteiger partial charge in [0.05, 0.1) is 37.2 Å². The van der Waals surface area contributed by atoms with E-state index in [1.807, 2.05) is 0 Å². The molecule has 28 heavy (non-hydrogen) atoms. The van der Waals surface area contributed by atoms with Crippen molar-refractivity contribution in [3.05, 3.63) is 36.2 Å². The largest absolute Gasteiger partial charge is 0.442 e. The molecule has 3 fully saturated rings. The molecule has 5 rings (SSSR count). The third-order valence-corrected chi connectivity index (χ3v) is 5.41. The van der Waals surface area contributed by atoms with Crippen LogP contribution in [0, 0.1) is 11.6 Å². The SMILES string of the molecule is O=C1O[C@@H](Cn2ccnn2)CN1c1cc(F)c(N2CC3CCC(C2)O3)c(F)c1. The molecule has 4 heterocycles. The van der Waals surface area contributed by atoms with Crippen molar-refractivity contribution in [3.63, 3.8) is 0 Å². The highest BCUT2D eigenvalue weighted by Gasteiger charge is 2.37. The molecule has 8 nitrogen and oxygen atoms in total. The Morgan fingerprint density at radius 2 is 1.82 bits per heavy atom. The van der Waals surface area contributed by atoms with Crippen LogP contribution in [0.25, 0.3) is 0 Å². The average Bonchev–Trinajstić information content (AvgIpc) is 3.36. The van der Waals surface area contributed by atoms with E-state index < -0.39 is 23.8 Å². The summed E-state index contributed by atoms with van der Waals surface area (Å²) in [4.78, 5) is 15.1. The Balaban J connectivity index is 1.35. The smallest absolute Gasteiger partial charge is 0.414 e. The molecule has 0 N–H and O–H groups in total. The second-order valence-corrected chi connectivity index (χ2v) is 7.36. The molecule has 1 amide bonds. The second kappa shape index (κ2) is 6.69. The highest BCUT2D eigenvalue weighted by Crippen LogP contribution is 2.35. The highest BCUT2D eigenvalue weighted by atomic mass is 19.1. The molecule has 3 atom stereocenters. The molecule has 2 aromatic rings. The van der Waals surface area contributed by atoms with Gasteiger partial charge in [-0.25, -0.2) is 18.3 Å². The molecule has 1 aromatic carbocycles. The molecule has 3 aliphatic rings. The highest BCUT2D eigenvalue weighted by molar-refractivity contribution is 5.90. The van der Waals surface area contributed by atoms with Crippen LogP contribution in [0.2, 0.25) is 0 Å². The molecule has 2 unspecified atom stereocenters. The van der Waals surface area contributed by atoms with Crippen molar-refractivity contribution in [2.45, 2.75) is 37.7 Å². The zero-order valence-electron chi connectivity index (χ0n) is 15.0. The Bertz CT molecular complexity index is 858. The van der Waals surface area contributed by atoms with Gasteiger partial charge in [-0.3, -0.25) is 4.90 Å². The number of ether oxygens (including phenoxy) is 2. The summed E-state index contributed by atoms with van der Waals surface area (Å²) >= 11 is 0. The van der Waals surface area contributed by atoms with Gasteiger partial charge < -0.3 is 14.4 Å². The van der Waals surface area contributed by atoms with Crippen LogP contribution in [-0.2, 0) is 16.0 Å². The summed E-state index contributed by atoms with van der Waals surface area (Å²) in [7, 11) is 0. The number of anilines is 2. The quantitative estimate of drug-likeness (QED) is 0.793. The molecule has 0 spiro atoms. The fourth-order valence-corrected chi connectivity index (χ4v) is 4.17. The Morgan fingerprint density at radius 3 is 2.46 bits per heavy atom. The van der Waals surface area contributed by atoms with Crippen molar-refractivity contribution in [2.75, 3.05) is 29.4 Å². The van der Waals surface area contributed by atoms with Gasteiger partial charge in [0.2, 0.25) is 0 Å². The first-order valence-corrected chi connectivity index (χ1v) is 9.28. The Morgan fingerprint density at radius 1 is 1.11 bits per heavy atom. The first kappa shape index (κ1) is 17.4. The van der Waals surface area contributed by atoms with Crippen LogP contribution in [-0.4, -0.2) is 59.0 Å². The van der Waals surface area contributed by atoms with Gasteiger partial charge in [0, 0.05) is 31.4 Å². The lowest BCUT2D eigenvalue weighted by Gasteiger charge is -2.34. The zero-order valence-corrected chi connectivity index (χ0v) is 15.0. The predicted octanol–water partition coefficient (Wildman–Crippen LogP) is 1.95. The van der Waals surface area contributed by atoms with E-state index in [-0.39, 0.29) is 30.1 Å². The van der Waals surface area contributed by atoms with Crippen LogP contribution in [0.4, 0.5) is 25.0 Å². The summed E-state index contributed by atoms with van der Waals surface area (Å²) in [6, 6.07) is 2.38. The summed E-state index contributed by atoms with van der Waals surface area (Å²) in [6.45, 7) is 1.44. The predicted molar refractivity (Wildman–Crippen MR) is 94.1 cm³/mol. The van der Waals surface area contributed by atoms with Crippen LogP contribution in [0.15, 0.2) is 24.5 Å². The van der Waals surface area contributed by atoms with Gasteiger partial charge in [0.25, 0.3) is 0 Å². The van der Waals surface area contributed by atoms with E-state index in [4.69, 9.17) is 9.47 Å². The van der Waals surface area contributed by atoms with Gasteiger partial charge in [-0.2, -0.15) is 0 Å². The summed E-state index contributed by atoms with van der Waals surface area (Å²) in [5, 5.41) is 7.53. The van der Waals surface area contributed by atoms with E-state index in [0.717, 1.165) is 12.8 Å². The fraction of sp³-hybridized carbons (Fsp3) is 0.500. The summed E-state index contributed by atoms with van der Waals surface area (Å²) in [5.41, 5.74) is 0.0803. The number of hydrogen-bond donors (Lipinski definition) is 0. The van der Waals surface area contributed by atoms with Crippen LogP contribution >= 0.6 is 0 Å². The zero-order chi connectivity index (χ0) is 19.3. The molecule has 2 bridgehead atoms. The van der Waals surface area contributed by atoms with Crippen LogP contribution in [0.5, 0.6) is 0 Å². The molecular weight excluding hydrogens is 372 g/mol. The van der Waals surface area contributed by atoms with Gasteiger partial charge in [0.1, 0.15) is 11.8 Å². The number of nitrogens with zero attached hydrogens (tertiary/aromatic N) is 5. The lowest BCUT2D eigenvalue weighted by Crippen LogP contribution is -2.43. The maximum absolute atomic E-state index is 14.8. The standard InChI is InChI=1S/C18H19F2N5O3/c19-15-5-11(25-10-14(28-18(25)26)9-24-4-3-21-22-24)6-16(20)17(15)23-7-12-1-2-13(8-23)27-12/h3-6,12-14H,1-2,7-10H2/t12?,13?,14-/m0/s1. The number of aromatic nitrogens is 3. The number of rotatable bonds is 4. The Labute approximate surface area is 159 Å². The lowest BCUT2D eigenvalue weighted by molar-refractivity contribution is 0.0300. The van der Waals surface area contributed by atoms with E-state index in [0.29, 0.717) is 19.6 Å². The minimum Gasteiger partial charge on any atom is -0.442 e. The Kier molecular flexibility index (Phi) is 4.15. The number of benzene rings is 1. The second-order valence-electron chi connectivity index (χ2n) is 7.36. The molecule has 10 heteroatoms. The summed E-state index contributed by atoms with van der Waals surface area (Å²) in [5.74, 6) is -1.38. The first-order valence-electron chi connectivity index (χ1n) is 9.28. The summed E-state index contributed by atoms with van der Waals surface area (Å²) in [6.07, 6.45) is 3.92. The number of amides is 1. The van der Waals surface area contributed by atoms with Gasteiger partial charge in [-0.1, -0.05) is 5.21 Å². The lowest BCUT2D eigenvalue weighted by atomic mass is 10.2.